The number of methoxy groups -OCH3 is 3. The smallest absolute Gasteiger partial charge is 0.203 e. The van der Waals surface area contributed by atoms with E-state index in [-0.39, 0.29) is 6.42 Å². The lowest BCUT2D eigenvalue weighted by atomic mass is 9.86. The topological polar surface area (TPSA) is 68.2 Å². The van der Waals surface area contributed by atoms with Gasteiger partial charge in [-0.25, -0.2) is 0 Å². The first kappa shape index (κ1) is 18.8. The Morgan fingerprint density at radius 2 is 1.76 bits per heavy atom. The van der Waals surface area contributed by atoms with Crippen LogP contribution in [0.4, 0.5) is 0 Å². The molecule has 1 aliphatic carbocycles. The van der Waals surface area contributed by atoms with Crippen LogP contribution in [0.3, 0.4) is 0 Å². The lowest BCUT2D eigenvalue weighted by Gasteiger charge is -2.30. The predicted octanol–water partition coefficient (Wildman–Crippen LogP) is 2.89. The zero-order valence-electron chi connectivity index (χ0n) is 14.7. The molecular formula is C20H24O5. The molecule has 0 bridgehead atoms. The number of ether oxygens (including phenoxy) is 3. The first-order valence-corrected chi connectivity index (χ1v) is 7.88. The van der Waals surface area contributed by atoms with Crippen molar-refractivity contribution in [3.05, 3.63) is 60.2 Å². The van der Waals surface area contributed by atoms with Gasteiger partial charge in [-0.2, -0.15) is 0 Å². The van der Waals surface area contributed by atoms with Crippen LogP contribution in [-0.4, -0.2) is 43.2 Å². The summed E-state index contributed by atoms with van der Waals surface area (Å²) < 4.78 is 16.0. The molecule has 0 saturated carbocycles. The monoisotopic (exact) mass is 344 g/mol. The van der Waals surface area contributed by atoms with E-state index in [1.54, 1.807) is 45.6 Å². The summed E-state index contributed by atoms with van der Waals surface area (Å²) in [5.41, 5.74) is 0.339. The van der Waals surface area contributed by atoms with Crippen LogP contribution >= 0.6 is 0 Å². The second-order valence-electron chi connectivity index (χ2n) is 5.72. The van der Waals surface area contributed by atoms with Gasteiger partial charge >= 0.3 is 0 Å². The number of aliphatic hydroxyl groups excluding tert-OH is 1. The van der Waals surface area contributed by atoms with Crippen molar-refractivity contribution >= 4 is 6.08 Å². The molecule has 5 nitrogen and oxygen atoms in total. The predicted molar refractivity (Wildman–Crippen MR) is 98.1 cm³/mol. The van der Waals surface area contributed by atoms with Gasteiger partial charge in [-0.1, -0.05) is 24.3 Å². The van der Waals surface area contributed by atoms with E-state index in [9.17, 15) is 10.2 Å². The van der Waals surface area contributed by atoms with Gasteiger partial charge < -0.3 is 24.4 Å². The highest BCUT2D eigenvalue weighted by Gasteiger charge is 2.32. The van der Waals surface area contributed by atoms with Gasteiger partial charge in [0, 0.05) is 6.42 Å². The van der Waals surface area contributed by atoms with E-state index in [1.807, 2.05) is 24.3 Å². The zero-order valence-corrected chi connectivity index (χ0v) is 14.7. The van der Waals surface area contributed by atoms with Gasteiger partial charge in [-0.3, -0.25) is 0 Å². The van der Waals surface area contributed by atoms with Crippen LogP contribution in [-0.2, 0) is 0 Å². The van der Waals surface area contributed by atoms with E-state index in [2.05, 4.69) is 6.58 Å². The number of rotatable bonds is 7. The molecule has 0 radical (unpaired) electrons. The van der Waals surface area contributed by atoms with Crippen LogP contribution in [0.2, 0.25) is 0 Å². The van der Waals surface area contributed by atoms with E-state index in [0.717, 1.165) is 11.1 Å². The molecule has 25 heavy (non-hydrogen) atoms. The van der Waals surface area contributed by atoms with Gasteiger partial charge in [0.2, 0.25) is 5.75 Å². The van der Waals surface area contributed by atoms with Crippen LogP contribution in [0.25, 0.3) is 6.08 Å². The number of hydrogen-bond acceptors (Lipinski definition) is 5. The van der Waals surface area contributed by atoms with Gasteiger partial charge in [0.1, 0.15) is 11.7 Å². The molecule has 0 fully saturated rings. The second-order valence-corrected chi connectivity index (χ2v) is 5.72. The second kappa shape index (κ2) is 8.05. The van der Waals surface area contributed by atoms with E-state index >= 15 is 0 Å². The molecule has 0 amide bonds. The highest BCUT2D eigenvalue weighted by molar-refractivity contribution is 5.64. The summed E-state index contributed by atoms with van der Waals surface area (Å²) >= 11 is 0. The van der Waals surface area contributed by atoms with E-state index in [0.29, 0.717) is 17.2 Å². The maximum atomic E-state index is 10.3. The summed E-state index contributed by atoms with van der Waals surface area (Å²) in [4.78, 5) is 0. The van der Waals surface area contributed by atoms with Crippen molar-refractivity contribution in [3.8, 4) is 17.2 Å². The van der Waals surface area contributed by atoms with Crippen molar-refractivity contribution < 1.29 is 24.4 Å². The number of allylic oxidation sites excluding steroid dienone is 3. The third kappa shape index (κ3) is 4.13. The summed E-state index contributed by atoms with van der Waals surface area (Å²) in [6, 6.07) is 3.66. The van der Waals surface area contributed by atoms with Crippen molar-refractivity contribution in [1.29, 1.82) is 0 Å². The molecule has 134 valence electrons. The van der Waals surface area contributed by atoms with Crippen LogP contribution < -0.4 is 14.2 Å². The summed E-state index contributed by atoms with van der Waals surface area (Å²) in [5, 5.41) is 20.5. The van der Waals surface area contributed by atoms with Crippen molar-refractivity contribution in [3.63, 3.8) is 0 Å². The first-order chi connectivity index (χ1) is 12.0. The van der Waals surface area contributed by atoms with Gasteiger partial charge in [-0.15, -0.1) is 6.58 Å². The standard InChI is InChI=1S/C20H24O5/c1-5-9-20(22)10-8-14(13-18(20)21)6-7-15-11-16(23-2)19(25-4)17(12-15)24-3/h5-8,10-13,18,21-22H,1,9H2,2-4H3/b7-6-. The van der Waals surface area contributed by atoms with Gasteiger partial charge in [0.25, 0.3) is 0 Å². The summed E-state index contributed by atoms with van der Waals surface area (Å²) in [7, 11) is 4.68. The summed E-state index contributed by atoms with van der Waals surface area (Å²) in [6.07, 6.45) is 9.55. The van der Waals surface area contributed by atoms with E-state index in [1.165, 1.54) is 0 Å². The fourth-order valence-electron chi connectivity index (χ4n) is 2.64. The van der Waals surface area contributed by atoms with Gasteiger partial charge in [0.05, 0.1) is 21.3 Å². The molecule has 1 aromatic carbocycles. The summed E-state index contributed by atoms with van der Waals surface area (Å²) in [6.45, 7) is 3.60. The maximum absolute atomic E-state index is 10.3. The number of hydrogen-bond donors (Lipinski definition) is 2. The lowest BCUT2D eigenvalue weighted by Crippen LogP contribution is -2.40. The minimum absolute atomic E-state index is 0.283. The third-order valence-corrected chi connectivity index (χ3v) is 4.05. The Morgan fingerprint density at radius 1 is 1.12 bits per heavy atom. The van der Waals surface area contributed by atoms with E-state index in [4.69, 9.17) is 14.2 Å². The fraction of sp³-hybridized carbons (Fsp3) is 0.300. The molecular weight excluding hydrogens is 320 g/mol. The molecule has 0 heterocycles. The molecule has 0 aliphatic heterocycles. The summed E-state index contributed by atoms with van der Waals surface area (Å²) in [5.74, 6) is 1.66. The number of aliphatic hydroxyl groups is 2. The Hall–Kier alpha value is -2.50. The molecule has 5 heteroatoms. The Kier molecular flexibility index (Phi) is 6.07. The van der Waals surface area contributed by atoms with Gasteiger partial charge in [-0.05, 0) is 35.4 Å². The van der Waals surface area contributed by atoms with Crippen LogP contribution in [0, 0.1) is 0 Å². The first-order valence-electron chi connectivity index (χ1n) is 7.88. The molecule has 2 atom stereocenters. The Balaban J connectivity index is 2.26. The minimum Gasteiger partial charge on any atom is -0.493 e. The molecule has 0 aromatic heterocycles. The quantitative estimate of drug-likeness (QED) is 0.745. The average Bonchev–Trinajstić information content (AvgIpc) is 2.62. The minimum atomic E-state index is -1.30. The third-order valence-electron chi connectivity index (χ3n) is 4.05. The molecule has 0 spiro atoms. The van der Waals surface area contributed by atoms with Crippen molar-refractivity contribution in [2.75, 3.05) is 21.3 Å². The van der Waals surface area contributed by atoms with Crippen LogP contribution in [0.15, 0.2) is 54.7 Å². The average molecular weight is 344 g/mol. The molecule has 1 aliphatic rings. The normalized spacial score (nSPS) is 22.6. The van der Waals surface area contributed by atoms with E-state index < -0.39 is 11.7 Å². The molecule has 0 saturated heterocycles. The Bertz CT molecular complexity index is 692. The van der Waals surface area contributed by atoms with Crippen LogP contribution in [0.5, 0.6) is 17.2 Å². The molecule has 2 unspecified atom stereocenters. The highest BCUT2D eigenvalue weighted by Crippen LogP contribution is 2.38. The zero-order chi connectivity index (χ0) is 18.4. The largest absolute Gasteiger partial charge is 0.493 e. The molecule has 2 rings (SSSR count). The van der Waals surface area contributed by atoms with Crippen molar-refractivity contribution in [1.82, 2.24) is 0 Å². The van der Waals surface area contributed by atoms with Gasteiger partial charge in [0.15, 0.2) is 11.5 Å². The Labute approximate surface area is 148 Å². The molecule has 1 aromatic rings. The van der Waals surface area contributed by atoms with Crippen molar-refractivity contribution in [2.24, 2.45) is 0 Å². The molecule has 2 N–H and O–H groups in total. The number of benzene rings is 1. The Morgan fingerprint density at radius 3 is 2.24 bits per heavy atom. The van der Waals surface area contributed by atoms with Crippen LogP contribution in [0.1, 0.15) is 12.0 Å². The van der Waals surface area contributed by atoms with Crippen molar-refractivity contribution in [2.45, 2.75) is 18.1 Å². The SMILES string of the molecule is C=CCC1(O)C=CC(/C=C\c2cc(OC)c(OC)c(OC)c2)=CC1O. The maximum Gasteiger partial charge on any atom is 0.203 e. The lowest BCUT2D eigenvalue weighted by molar-refractivity contribution is -0.0132. The highest BCUT2D eigenvalue weighted by atomic mass is 16.5. The fourth-order valence-corrected chi connectivity index (χ4v) is 2.64.